The third kappa shape index (κ3) is 2.59. The van der Waals surface area contributed by atoms with Crippen LogP contribution in [-0.2, 0) is 20.2 Å². The zero-order valence-electron chi connectivity index (χ0n) is 9.81. The van der Waals surface area contributed by atoms with Gasteiger partial charge < -0.3 is 5.43 Å². The summed E-state index contributed by atoms with van der Waals surface area (Å²) in [6.45, 7) is 0. The van der Waals surface area contributed by atoms with E-state index in [9.17, 15) is 16.8 Å². The van der Waals surface area contributed by atoms with Gasteiger partial charge >= 0.3 is 0 Å². The van der Waals surface area contributed by atoms with Gasteiger partial charge in [-0.1, -0.05) is 6.07 Å². The molecule has 10 heteroatoms. The van der Waals surface area contributed by atoms with Gasteiger partial charge in [-0.05, 0) is 24.3 Å². The molecule has 2 aromatic carbocycles. The van der Waals surface area contributed by atoms with Crippen LogP contribution in [0.4, 0.5) is 5.69 Å². The molecule has 0 aliphatic carbocycles. The molecule has 0 aliphatic rings. The monoisotopic (exact) mass is 318 g/mol. The molecule has 0 aromatic heterocycles. The van der Waals surface area contributed by atoms with Crippen molar-refractivity contribution in [2.75, 3.05) is 5.43 Å². The van der Waals surface area contributed by atoms with Crippen molar-refractivity contribution in [3.05, 3.63) is 30.3 Å². The van der Waals surface area contributed by atoms with Crippen molar-refractivity contribution in [2.24, 2.45) is 5.84 Å². The van der Waals surface area contributed by atoms with E-state index in [1.54, 1.807) is 0 Å². The van der Waals surface area contributed by atoms with Crippen molar-refractivity contribution in [1.82, 2.24) is 0 Å². The zero-order chi connectivity index (χ0) is 15.1. The lowest BCUT2D eigenvalue weighted by Crippen LogP contribution is -2.09. The molecular weight excluding hydrogens is 308 g/mol. The fraction of sp³-hybridized carbons (Fsp3) is 0. The number of anilines is 1. The number of nitrogens with two attached hydrogens (primary N) is 1. The molecule has 0 atom stereocenters. The van der Waals surface area contributed by atoms with Crippen molar-refractivity contribution in [3.8, 4) is 0 Å². The van der Waals surface area contributed by atoms with Crippen molar-refractivity contribution < 1.29 is 25.9 Å². The second kappa shape index (κ2) is 4.68. The van der Waals surface area contributed by atoms with Crippen LogP contribution in [0.2, 0.25) is 0 Å². The topological polar surface area (TPSA) is 147 Å². The average molecular weight is 318 g/mol. The van der Waals surface area contributed by atoms with Gasteiger partial charge in [0.1, 0.15) is 4.90 Å². The molecular formula is C10H10N2O6S2. The minimum Gasteiger partial charge on any atom is -0.324 e. The van der Waals surface area contributed by atoms with E-state index in [1.807, 2.05) is 0 Å². The highest BCUT2D eigenvalue weighted by atomic mass is 32.2. The van der Waals surface area contributed by atoms with Gasteiger partial charge in [-0.3, -0.25) is 14.9 Å². The molecule has 20 heavy (non-hydrogen) atoms. The molecule has 0 saturated carbocycles. The molecule has 0 aliphatic heterocycles. The molecule has 0 amide bonds. The summed E-state index contributed by atoms with van der Waals surface area (Å²) in [5, 5.41) is 0.188. The minimum atomic E-state index is -4.56. The maximum atomic E-state index is 11.3. The number of hydrogen-bond donors (Lipinski definition) is 4. The van der Waals surface area contributed by atoms with Crippen molar-refractivity contribution in [1.29, 1.82) is 0 Å². The minimum absolute atomic E-state index is 0.0851. The molecule has 0 radical (unpaired) electrons. The van der Waals surface area contributed by atoms with Gasteiger partial charge in [-0.2, -0.15) is 16.8 Å². The first-order valence-electron chi connectivity index (χ1n) is 5.13. The normalized spacial score (nSPS) is 12.6. The fourth-order valence-electron chi connectivity index (χ4n) is 1.81. The van der Waals surface area contributed by atoms with Crippen LogP contribution in [0.1, 0.15) is 0 Å². The predicted octanol–water partition coefficient (Wildman–Crippen LogP) is 0.619. The maximum absolute atomic E-state index is 11.3. The summed E-state index contributed by atoms with van der Waals surface area (Å²) >= 11 is 0. The summed E-state index contributed by atoms with van der Waals surface area (Å²) in [5.41, 5.74) is 2.65. The van der Waals surface area contributed by atoms with Crippen LogP contribution in [0.15, 0.2) is 40.1 Å². The zero-order valence-corrected chi connectivity index (χ0v) is 11.4. The number of benzene rings is 2. The number of hydrazine groups is 1. The van der Waals surface area contributed by atoms with Gasteiger partial charge in [-0.25, -0.2) is 0 Å². The molecule has 0 saturated heterocycles. The highest BCUT2D eigenvalue weighted by molar-refractivity contribution is 7.86. The third-order valence-electron chi connectivity index (χ3n) is 2.68. The van der Waals surface area contributed by atoms with Crippen LogP contribution in [-0.4, -0.2) is 25.9 Å². The number of nitrogen functional groups attached to an aromatic ring is 1. The highest BCUT2D eigenvalue weighted by Gasteiger charge is 2.18. The van der Waals surface area contributed by atoms with E-state index in [1.165, 1.54) is 12.1 Å². The summed E-state index contributed by atoms with van der Waals surface area (Å²) in [5.74, 6) is 5.27. The molecule has 0 unspecified atom stereocenters. The SMILES string of the molecule is NNc1ccc(S(=O)(=O)O)c2cc(S(=O)(=O)O)ccc12. The molecule has 108 valence electrons. The molecule has 0 bridgehead atoms. The predicted molar refractivity (Wildman–Crippen MR) is 71.4 cm³/mol. The van der Waals surface area contributed by atoms with Gasteiger partial charge in [0.2, 0.25) is 0 Å². The molecule has 2 rings (SSSR count). The van der Waals surface area contributed by atoms with E-state index in [2.05, 4.69) is 5.43 Å². The first-order chi connectivity index (χ1) is 9.14. The van der Waals surface area contributed by atoms with E-state index in [0.717, 1.165) is 18.2 Å². The Morgan fingerprint density at radius 1 is 0.900 bits per heavy atom. The summed E-state index contributed by atoms with van der Waals surface area (Å²) in [7, 11) is -9.07. The molecule has 5 N–H and O–H groups in total. The third-order valence-corrected chi connectivity index (χ3v) is 4.44. The number of hydrogen-bond acceptors (Lipinski definition) is 6. The van der Waals surface area contributed by atoms with Crippen LogP contribution in [0.3, 0.4) is 0 Å². The van der Waals surface area contributed by atoms with E-state index in [4.69, 9.17) is 14.9 Å². The van der Waals surface area contributed by atoms with Gasteiger partial charge in [0, 0.05) is 10.8 Å². The second-order valence-electron chi connectivity index (χ2n) is 3.91. The summed E-state index contributed by atoms with van der Waals surface area (Å²) in [4.78, 5) is -0.985. The Hall–Kier alpha value is -1.72. The quantitative estimate of drug-likeness (QED) is 0.366. The van der Waals surface area contributed by atoms with Crippen molar-refractivity contribution in [2.45, 2.75) is 9.79 Å². The van der Waals surface area contributed by atoms with Crippen LogP contribution in [0, 0.1) is 0 Å². The molecule has 0 spiro atoms. The van der Waals surface area contributed by atoms with Crippen LogP contribution < -0.4 is 11.3 Å². The fourth-order valence-corrected chi connectivity index (χ4v) is 3.01. The highest BCUT2D eigenvalue weighted by Crippen LogP contribution is 2.31. The van der Waals surface area contributed by atoms with E-state index in [0.29, 0.717) is 5.69 Å². The van der Waals surface area contributed by atoms with Gasteiger partial charge in [0.25, 0.3) is 20.2 Å². The number of nitrogens with one attached hydrogen (secondary N) is 1. The number of fused-ring (bicyclic) bond motifs is 1. The van der Waals surface area contributed by atoms with Gasteiger partial charge in [0.05, 0.1) is 10.6 Å². The lowest BCUT2D eigenvalue weighted by molar-refractivity contribution is 0.480. The average Bonchev–Trinajstić information content (AvgIpc) is 2.34. The lowest BCUT2D eigenvalue weighted by Gasteiger charge is -2.10. The smallest absolute Gasteiger partial charge is 0.295 e. The Morgan fingerprint density at radius 3 is 2.05 bits per heavy atom. The summed E-state index contributed by atoms with van der Waals surface area (Å²) < 4.78 is 62.9. The Bertz CT molecular complexity index is 889. The summed E-state index contributed by atoms with van der Waals surface area (Å²) in [6, 6.07) is 5.68. The summed E-state index contributed by atoms with van der Waals surface area (Å²) in [6.07, 6.45) is 0. The molecule has 2 aromatic rings. The Morgan fingerprint density at radius 2 is 1.55 bits per heavy atom. The number of rotatable bonds is 3. The standard InChI is InChI=1S/C10H10N2O6S2/c11-12-9-3-4-10(20(16,17)18)8-5-6(19(13,14)15)1-2-7(8)9/h1-5,12H,11H2,(H,13,14,15)(H,16,17,18). The van der Waals surface area contributed by atoms with Gasteiger partial charge in [-0.15, -0.1) is 0 Å². The Balaban J connectivity index is 2.97. The molecule has 0 fully saturated rings. The lowest BCUT2D eigenvalue weighted by atomic mass is 10.1. The van der Waals surface area contributed by atoms with E-state index in [-0.39, 0.29) is 10.8 Å². The Kier molecular flexibility index (Phi) is 3.44. The first kappa shape index (κ1) is 14.7. The second-order valence-corrected chi connectivity index (χ2v) is 6.72. The van der Waals surface area contributed by atoms with Crippen molar-refractivity contribution in [3.63, 3.8) is 0 Å². The Labute approximate surface area is 114 Å². The van der Waals surface area contributed by atoms with Crippen LogP contribution >= 0.6 is 0 Å². The first-order valence-corrected chi connectivity index (χ1v) is 8.01. The van der Waals surface area contributed by atoms with E-state index >= 15 is 0 Å². The van der Waals surface area contributed by atoms with Crippen molar-refractivity contribution >= 4 is 36.7 Å². The van der Waals surface area contributed by atoms with E-state index < -0.39 is 30.0 Å². The van der Waals surface area contributed by atoms with Crippen LogP contribution in [0.5, 0.6) is 0 Å². The van der Waals surface area contributed by atoms with Gasteiger partial charge in [0.15, 0.2) is 0 Å². The van der Waals surface area contributed by atoms with Crippen LogP contribution in [0.25, 0.3) is 10.8 Å². The molecule has 0 heterocycles. The molecule has 8 nitrogen and oxygen atoms in total. The largest absolute Gasteiger partial charge is 0.324 e. The maximum Gasteiger partial charge on any atom is 0.295 e.